The Bertz CT molecular complexity index is 994. The fourth-order valence-corrected chi connectivity index (χ4v) is 3.98. The molecule has 2 aliphatic rings. The number of piperidine rings is 1. The zero-order valence-corrected chi connectivity index (χ0v) is 15.3. The predicted octanol–water partition coefficient (Wildman–Crippen LogP) is 3.56. The lowest BCUT2D eigenvalue weighted by molar-refractivity contribution is 0.252. The fourth-order valence-electron chi connectivity index (χ4n) is 3.98. The van der Waals surface area contributed by atoms with Crippen LogP contribution in [-0.2, 0) is 0 Å². The standard InChI is InChI=1S/C21H20N6O/c28-21(24-16-5-2-10-23-13-16)27-17-6-3-11-26(14-17)19-8-7-18(25-20(19)27)15-4-1-9-22-12-15/h1-2,4-5,7-10,12-13,17H,3,6,11,14H2,(H,24,28)/t17-/m0/s1. The molecule has 3 aromatic rings. The largest absolute Gasteiger partial charge is 0.366 e. The zero-order chi connectivity index (χ0) is 18.9. The highest BCUT2D eigenvalue weighted by Crippen LogP contribution is 2.39. The molecule has 1 atom stereocenters. The van der Waals surface area contributed by atoms with Crippen molar-refractivity contribution in [2.24, 2.45) is 0 Å². The van der Waals surface area contributed by atoms with E-state index in [0.717, 1.165) is 42.9 Å². The second-order valence-electron chi connectivity index (χ2n) is 7.06. The Morgan fingerprint density at radius 3 is 2.71 bits per heavy atom. The van der Waals surface area contributed by atoms with Crippen molar-refractivity contribution in [2.45, 2.75) is 18.9 Å². The van der Waals surface area contributed by atoms with Crippen molar-refractivity contribution < 1.29 is 4.79 Å². The molecular formula is C21H20N6O. The molecule has 7 heteroatoms. The first-order chi connectivity index (χ1) is 13.8. The quantitative estimate of drug-likeness (QED) is 0.744. The van der Waals surface area contributed by atoms with Gasteiger partial charge in [-0.2, -0.15) is 0 Å². The van der Waals surface area contributed by atoms with E-state index in [1.807, 2.05) is 29.2 Å². The first-order valence-corrected chi connectivity index (χ1v) is 9.46. The van der Waals surface area contributed by atoms with Gasteiger partial charge in [0.15, 0.2) is 5.82 Å². The lowest BCUT2D eigenvalue weighted by Crippen LogP contribution is -2.56. The van der Waals surface area contributed by atoms with E-state index in [2.05, 4.69) is 26.3 Å². The summed E-state index contributed by atoms with van der Waals surface area (Å²) in [6.07, 6.45) is 8.90. The van der Waals surface area contributed by atoms with Gasteiger partial charge in [-0.1, -0.05) is 0 Å². The van der Waals surface area contributed by atoms with E-state index >= 15 is 0 Å². The average molecular weight is 372 g/mol. The molecule has 2 bridgehead atoms. The lowest BCUT2D eigenvalue weighted by atomic mass is 9.99. The summed E-state index contributed by atoms with van der Waals surface area (Å²) in [5, 5.41) is 2.97. The second kappa shape index (κ2) is 6.92. The third-order valence-electron chi connectivity index (χ3n) is 5.27. The van der Waals surface area contributed by atoms with Crippen LogP contribution < -0.4 is 15.1 Å². The number of aromatic nitrogens is 3. The Morgan fingerprint density at radius 1 is 1.07 bits per heavy atom. The Balaban J connectivity index is 1.55. The van der Waals surface area contributed by atoms with Gasteiger partial charge in [0.25, 0.3) is 0 Å². The molecule has 0 unspecified atom stereocenters. The number of hydrogen-bond donors (Lipinski definition) is 1. The highest BCUT2D eigenvalue weighted by molar-refractivity contribution is 6.04. The van der Waals surface area contributed by atoms with Crippen LogP contribution in [0.5, 0.6) is 0 Å². The summed E-state index contributed by atoms with van der Waals surface area (Å²) in [7, 11) is 0. The van der Waals surface area contributed by atoms with Crippen molar-refractivity contribution >= 4 is 23.2 Å². The number of urea groups is 1. The first-order valence-electron chi connectivity index (χ1n) is 9.46. The van der Waals surface area contributed by atoms with Crippen LogP contribution in [0, 0.1) is 0 Å². The third kappa shape index (κ3) is 2.94. The van der Waals surface area contributed by atoms with E-state index in [9.17, 15) is 4.79 Å². The number of amides is 2. The molecule has 0 spiro atoms. The van der Waals surface area contributed by atoms with Crippen molar-refractivity contribution in [3.8, 4) is 11.3 Å². The topological polar surface area (TPSA) is 74.2 Å². The summed E-state index contributed by atoms with van der Waals surface area (Å²) in [5.74, 6) is 0.707. The average Bonchev–Trinajstić information content (AvgIpc) is 2.75. The van der Waals surface area contributed by atoms with Gasteiger partial charge in [0.1, 0.15) is 0 Å². The molecule has 2 aliphatic heterocycles. The number of carbonyl (C=O) groups excluding carboxylic acids is 1. The van der Waals surface area contributed by atoms with Crippen LogP contribution in [0.15, 0.2) is 61.2 Å². The Hall–Kier alpha value is -3.48. The number of anilines is 3. The van der Waals surface area contributed by atoms with E-state index in [1.54, 1.807) is 30.9 Å². The molecule has 0 aliphatic carbocycles. The van der Waals surface area contributed by atoms with E-state index in [0.29, 0.717) is 11.5 Å². The molecule has 0 radical (unpaired) electrons. The minimum atomic E-state index is -0.170. The van der Waals surface area contributed by atoms with Crippen molar-refractivity contribution in [3.63, 3.8) is 0 Å². The molecule has 7 nitrogen and oxygen atoms in total. The summed E-state index contributed by atoms with van der Waals surface area (Å²) in [6, 6.07) is 11.5. The predicted molar refractivity (Wildman–Crippen MR) is 108 cm³/mol. The SMILES string of the molecule is O=C(Nc1cccnc1)N1c2nc(-c3cccnc3)ccc2N2CCC[C@H]1C2. The number of nitrogens with one attached hydrogen (secondary N) is 1. The van der Waals surface area contributed by atoms with Gasteiger partial charge in [0.2, 0.25) is 0 Å². The molecule has 2 amide bonds. The number of hydrogen-bond acceptors (Lipinski definition) is 5. The normalized spacial score (nSPS) is 17.8. The summed E-state index contributed by atoms with van der Waals surface area (Å²) < 4.78 is 0. The first kappa shape index (κ1) is 16.7. The summed E-state index contributed by atoms with van der Waals surface area (Å²) in [6.45, 7) is 1.83. The van der Waals surface area contributed by atoms with Crippen LogP contribution in [0.4, 0.5) is 22.0 Å². The van der Waals surface area contributed by atoms with Crippen LogP contribution in [-0.4, -0.2) is 40.1 Å². The molecule has 28 heavy (non-hydrogen) atoms. The monoisotopic (exact) mass is 372 g/mol. The number of fused-ring (bicyclic) bond motifs is 4. The van der Waals surface area contributed by atoms with E-state index in [-0.39, 0.29) is 12.1 Å². The maximum absolute atomic E-state index is 13.2. The number of rotatable bonds is 2. The number of pyridine rings is 3. The van der Waals surface area contributed by atoms with Gasteiger partial charge in [0, 0.05) is 37.2 Å². The molecule has 5 rings (SSSR count). The minimum Gasteiger partial charge on any atom is -0.366 e. The van der Waals surface area contributed by atoms with Gasteiger partial charge in [-0.15, -0.1) is 0 Å². The van der Waals surface area contributed by atoms with Crippen LogP contribution in [0.2, 0.25) is 0 Å². The molecule has 0 saturated carbocycles. The highest BCUT2D eigenvalue weighted by atomic mass is 16.2. The van der Waals surface area contributed by atoms with Gasteiger partial charge in [-0.3, -0.25) is 14.9 Å². The van der Waals surface area contributed by atoms with Crippen LogP contribution in [0.3, 0.4) is 0 Å². The second-order valence-corrected chi connectivity index (χ2v) is 7.06. The van der Waals surface area contributed by atoms with Crippen LogP contribution in [0.1, 0.15) is 12.8 Å². The number of nitrogens with zero attached hydrogens (tertiary/aromatic N) is 5. The van der Waals surface area contributed by atoms with Gasteiger partial charge in [0.05, 0.1) is 29.3 Å². The smallest absolute Gasteiger partial charge is 0.327 e. The van der Waals surface area contributed by atoms with Crippen molar-refractivity contribution in [2.75, 3.05) is 28.2 Å². The van der Waals surface area contributed by atoms with Crippen LogP contribution >= 0.6 is 0 Å². The summed E-state index contributed by atoms with van der Waals surface area (Å²) in [5.41, 5.74) is 3.43. The van der Waals surface area contributed by atoms with Gasteiger partial charge < -0.3 is 10.2 Å². The van der Waals surface area contributed by atoms with Gasteiger partial charge in [-0.25, -0.2) is 9.78 Å². The zero-order valence-electron chi connectivity index (χ0n) is 15.3. The van der Waals surface area contributed by atoms with Crippen LogP contribution in [0.25, 0.3) is 11.3 Å². The number of carbonyl (C=O) groups is 1. The Labute approximate surface area is 163 Å². The highest BCUT2D eigenvalue weighted by Gasteiger charge is 2.38. The van der Waals surface area contributed by atoms with Gasteiger partial charge in [-0.05, 0) is 49.2 Å². The molecular weight excluding hydrogens is 352 g/mol. The molecule has 1 N–H and O–H groups in total. The Kier molecular flexibility index (Phi) is 4.12. The van der Waals surface area contributed by atoms with Crippen molar-refractivity contribution in [1.82, 2.24) is 15.0 Å². The summed E-state index contributed by atoms with van der Waals surface area (Å²) in [4.78, 5) is 30.5. The van der Waals surface area contributed by atoms with Crippen molar-refractivity contribution in [1.29, 1.82) is 0 Å². The van der Waals surface area contributed by atoms with Crippen molar-refractivity contribution in [3.05, 3.63) is 61.2 Å². The van der Waals surface area contributed by atoms with Gasteiger partial charge >= 0.3 is 6.03 Å². The third-order valence-corrected chi connectivity index (χ3v) is 5.27. The van der Waals surface area contributed by atoms with E-state index < -0.39 is 0 Å². The fraction of sp³-hybridized carbons (Fsp3) is 0.238. The lowest BCUT2D eigenvalue weighted by Gasteiger charge is -2.45. The molecule has 1 fully saturated rings. The molecule has 0 aromatic carbocycles. The minimum absolute atomic E-state index is 0.106. The summed E-state index contributed by atoms with van der Waals surface area (Å²) >= 11 is 0. The maximum Gasteiger partial charge on any atom is 0.327 e. The Morgan fingerprint density at radius 2 is 1.93 bits per heavy atom. The maximum atomic E-state index is 13.2. The van der Waals surface area contributed by atoms with E-state index in [1.165, 1.54) is 0 Å². The molecule has 1 saturated heterocycles. The van der Waals surface area contributed by atoms with E-state index in [4.69, 9.17) is 4.98 Å². The molecule has 140 valence electrons. The molecule has 3 aromatic heterocycles. The molecule has 5 heterocycles.